The van der Waals surface area contributed by atoms with E-state index in [1.807, 2.05) is 18.2 Å². The molecule has 12 nitrogen and oxygen atoms in total. The average Bonchev–Trinajstić information content (AvgIpc) is 3.18. The number of unbranched alkanes of at least 4 members (excludes halogenated alkanes) is 17. The third-order valence-electron chi connectivity index (χ3n) is 9.35. The van der Waals surface area contributed by atoms with Crippen molar-refractivity contribution in [2.24, 2.45) is 5.73 Å². The molecule has 0 radical (unpaired) electrons. The molecule has 0 aliphatic carbocycles. The lowest BCUT2D eigenvalue weighted by Crippen LogP contribution is -2.40. The van der Waals surface area contributed by atoms with Gasteiger partial charge in [0.05, 0.1) is 12.7 Å². The summed E-state index contributed by atoms with van der Waals surface area (Å²) in [6.45, 7) is 3.24. The van der Waals surface area contributed by atoms with Gasteiger partial charge in [-0.05, 0) is 38.5 Å². The molecular weight excluding hydrogens is 782 g/mol. The molecule has 4 atom stereocenters. The maximum Gasteiger partial charge on any atom is 0.469 e. The number of allylic oxidation sites excluding steroid dienone is 7. The number of carbonyl (C=O) groups is 3. The summed E-state index contributed by atoms with van der Waals surface area (Å²) in [6.07, 6.45) is 37.3. The zero-order valence-electron chi connectivity index (χ0n) is 35.6. The number of ether oxygens (including phenoxy) is 2. The van der Waals surface area contributed by atoms with E-state index >= 15 is 0 Å². The van der Waals surface area contributed by atoms with Crippen LogP contribution in [-0.2, 0) is 32.9 Å². The zero-order valence-corrected chi connectivity index (χ0v) is 37.3. The second-order valence-electron chi connectivity index (χ2n) is 14.9. The van der Waals surface area contributed by atoms with E-state index in [4.69, 9.17) is 20.3 Å². The number of phosphoric ester groups is 1. The molecule has 0 fully saturated rings. The van der Waals surface area contributed by atoms with Crippen LogP contribution in [0.15, 0.2) is 48.6 Å². The number of hydrogen-bond donors (Lipinski definition) is 5. The summed E-state index contributed by atoms with van der Waals surface area (Å²) in [6, 6.07) is -1.20. The summed E-state index contributed by atoms with van der Waals surface area (Å²) >= 11 is 1.18. The minimum absolute atomic E-state index is 0.00307. The number of esters is 2. The number of phosphoric acid groups is 1. The average molecular weight is 860 g/mol. The largest absolute Gasteiger partial charge is 0.481 e. The van der Waals surface area contributed by atoms with Crippen LogP contribution in [0.4, 0.5) is 0 Å². The number of rotatable bonds is 40. The van der Waals surface area contributed by atoms with E-state index in [1.165, 1.54) is 102 Å². The van der Waals surface area contributed by atoms with E-state index in [0.29, 0.717) is 6.42 Å². The van der Waals surface area contributed by atoms with Crippen LogP contribution in [0.1, 0.15) is 168 Å². The van der Waals surface area contributed by atoms with Gasteiger partial charge in [-0.25, -0.2) is 4.57 Å². The monoisotopic (exact) mass is 860 g/mol. The molecule has 336 valence electrons. The van der Waals surface area contributed by atoms with Gasteiger partial charge in [0.25, 0.3) is 0 Å². The van der Waals surface area contributed by atoms with Gasteiger partial charge in [0.15, 0.2) is 6.10 Å². The van der Waals surface area contributed by atoms with Crippen molar-refractivity contribution in [2.75, 3.05) is 19.0 Å². The maximum absolute atomic E-state index is 12.9. The van der Waals surface area contributed by atoms with Gasteiger partial charge in [0, 0.05) is 23.8 Å². The fourth-order valence-electron chi connectivity index (χ4n) is 5.92. The lowest BCUT2D eigenvalue weighted by atomic mass is 10.0. The van der Waals surface area contributed by atoms with Crippen LogP contribution >= 0.6 is 19.6 Å². The Bertz CT molecular complexity index is 1210. The molecule has 0 saturated heterocycles. The Hall–Kier alpha value is -2.25. The molecule has 0 aliphatic rings. The summed E-state index contributed by atoms with van der Waals surface area (Å²) in [5.41, 5.74) is 6.12. The molecule has 0 aromatic rings. The molecule has 0 aromatic carbocycles. The first-order chi connectivity index (χ1) is 27.9. The van der Waals surface area contributed by atoms with Crippen LogP contribution < -0.4 is 5.73 Å². The third kappa shape index (κ3) is 38.0. The van der Waals surface area contributed by atoms with E-state index in [2.05, 4.69) is 30.5 Å². The molecule has 0 amide bonds. The second-order valence-corrected chi connectivity index (χ2v) is 17.3. The molecule has 14 heteroatoms. The second kappa shape index (κ2) is 38.9. The minimum atomic E-state index is -4.91. The summed E-state index contributed by atoms with van der Waals surface area (Å²) < 4.78 is 26.5. The molecule has 0 aliphatic heterocycles. The number of aliphatic hydroxyl groups is 1. The van der Waals surface area contributed by atoms with Crippen LogP contribution in [0.5, 0.6) is 0 Å². The number of hydrogen-bond acceptors (Lipinski definition) is 10. The van der Waals surface area contributed by atoms with Crippen molar-refractivity contribution in [2.45, 2.75) is 191 Å². The number of thioether (sulfide) groups is 1. The third-order valence-corrected chi connectivity index (χ3v) is 11.2. The highest BCUT2D eigenvalue weighted by molar-refractivity contribution is 8.00. The fraction of sp³-hybridized carbons (Fsp3) is 0.750. The van der Waals surface area contributed by atoms with Crippen molar-refractivity contribution in [3.8, 4) is 0 Å². The Labute approximate surface area is 354 Å². The first kappa shape index (κ1) is 55.8. The Balaban J connectivity index is 4.84. The summed E-state index contributed by atoms with van der Waals surface area (Å²) in [5, 5.41) is 19.3. The number of nitrogens with two attached hydrogens (primary N) is 1. The Kier molecular flexibility index (Phi) is 37.4. The van der Waals surface area contributed by atoms with E-state index in [0.717, 1.165) is 32.1 Å². The van der Waals surface area contributed by atoms with Crippen LogP contribution in [0.2, 0.25) is 0 Å². The fourth-order valence-corrected chi connectivity index (χ4v) is 7.40. The highest BCUT2D eigenvalue weighted by Crippen LogP contribution is 2.36. The quantitative estimate of drug-likeness (QED) is 0.0128. The van der Waals surface area contributed by atoms with Gasteiger partial charge < -0.3 is 35.2 Å². The van der Waals surface area contributed by atoms with Gasteiger partial charge in [-0.15, -0.1) is 11.8 Å². The smallest absolute Gasteiger partial charge is 0.469 e. The first-order valence-electron chi connectivity index (χ1n) is 21.9. The number of carboxylic acids is 1. The standard InChI is InChI=1S/C44H78NO11PS/c1-3-5-7-9-11-13-15-17-18-19-21-23-25-27-29-34-43(49)54-35-38(36-55-57(51,52)53)56-44(50)39(45)37-58-41(40(46)31-30-33-42(47)48)32-28-26-24-22-20-16-14-12-10-8-6-4-2/h12,14,20,22,24,26,28,32,38-41,46H,3-11,13,15-19,21,23,25,27,29-31,33-37,45H2,1-2H3,(H,47,48)(H2,51,52,53)/b14-12-,22-20-,26-24+,32-28+/t38-,39+,40+,41-/m1/s1. The molecule has 0 spiro atoms. The van der Waals surface area contributed by atoms with Gasteiger partial charge in [-0.2, -0.15) is 0 Å². The molecule has 58 heavy (non-hydrogen) atoms. The molecule has 0 bridgehead atoms. The summed E-state index contributed by atoms with van der Waals surface area (Å²) in [5.74, 6) is -2.38. The Morgan fingerprint density at radius 2 is 1.28 bits per heavy atom. The first-order valence-corrected chi connectivity index (χ1v) is 24.5. The van der Waals surface area contributed by atoms with Crippen LogP contribution in [0, 0.1) is 0 Å². The molecule has 0 saturated carbocycles. The van der Waals surface area contributed by atoms with Crippen molar-refractivity contribution in [3.63, 3.8) is 0 Å². The molecule has 0 unspecified atom stereocenters. The minimum Gasteiger partial charge on any atom is -0.481 e. The summed E-state index contributed by atoms with van der Waals surface area (Å²) in [4.78, 5) is 54.8. The van der Waals surface area contributed by atoms with Crippen molar-refractivity contribution < 1.29 is 52.9 Å². The van der Waals surface area contributed by atoms with E-state index in [9.17, 15) is 33.8 Å². The van der Waals surface area contributed by atoms with Gasteiger partial charge >= 0.3 is 25.7 Å². The molecule has 6 N–H and O–H groups in total. The highest BCUT2D eigenvalue weighted by Gasteiger charge is 2.27. The molecule has 0 heterocycles. The van der Waals surface area contributed by atoms with Crippen LogP contribution in [0.25, 0.3) is 0 Å². The zero-order chi connectivity index (χ0) is 43.1. The Morgan fingerprint density at radius 3 is 1.86 bits per heavy atom. The van der Waals surface area contributed by atoms with E-state index < -0.39 is 62.4 Å². The van der Waals surface area contributed by atoms with Crippen molar-refractivity contribution in [3.05, 3.63) is 48.6 Å². The number of carboxylic acid groups (broad SMARTS) is 1. The van der Waals surface area contributed by atoms with Crippen molar-refractivity contribution in [1.29, 1.82) is 0 Å². The SMILES string of the molecule is CCCCC/C=C\C\C=C/C=C/C=C/[C@@H](SC[C@H](N)C(=O)O[C@H](COC(=O)CCCCCCCCCCCCCCCCC)COP(=O)(O)O)[C@@H](O)CCCC(=O)O. The normalized spacial score (nSPS) is 14.4. The number of aliphatic hydroxyl groups excluding tert-OH is 1. The number of aliphatic carboxylic acids is 1. The predicted molar refractivity (Wildman–Crippen MR) is 235 cm³/mol. The van der Waals surface area contributed by atoms with Crippen LogP contribution in [-0.4, -0.2) is 80.4 Å². The van der Waals surface area contributed by atoms with E-state index in [1.54, 1.807) is 18.2 Å². The highest BCUT2D eigenvalue weighted by atomic mass is 32.2. The van der Waals surface area contributed by atoms with Gasteiger partial charge in [-0.3, -0.25) is 18.9 Å². The molecular formula is C44H78NO11PS. The van der Waals surface area contributed by atoms with Gasteiger partial charge in [-0.1, -0.05) is 165 Å². The molecule has 0 aromatic heterocycles. The van der Waals surface area contributed by atoms with Crippen molar-refractivity contribution in [1.82, 2.24) is 0 Å². The lowest BCUT2D eigenvalue weighted by molar-refractivity contribution is -0.161. The topological polar surface area (TPSA) is 203 Å². The Morgan fingerprint density at radius 1 is 0.707 bits per heavy atom. The predicted octanol–water partition coefficient (Wildman–Crippen LogP) is 10.1. The van der Waals surface area contributed by atoms with Crippen molar-refractivity contribution >= 4 is 37.5 Å². The van der Waals surface area contributed by atoms with Gasteiger partial charge in [0.2, 0.25) is 0 Å². The lowest BCUT2D eigenvalue weighted by Gasteiger charge is -2.23. The molecule has 0 rings (SSSR count). The van der Waals surface area contributed by atoms with Crippen LogP contribution in [0.3, 0.4) is 0 Å². The van der Waals surface area contributed by atoms with Gasteiger partial charge in [0.1, 0.15) is 12.6 Å². The maximum atomic E-state index is 12.9. The summed E-state index contributed by atoms with van der Waals surface area (Å²) in [7, 11) is -4.91. The number of carbonyl (C=O) groups excluding carboxylic acids is 2. The van der Waals surface area contributed by atoms with E-state index in [-0.39, 0.29) is 31.4 Å².